The minimum absolute atomic E-state index is 0.270. The topological polar surface area (TPSA) is 78.5 Å². The van der Waals surface area contributed by atoms with Crippen LogP contribution in [0.3, 0.4) is 0 Å². The van der Waals surface area contributed by atoms with Crippen LogP contribution in [0.2, 0.25) is 0 Å². The zero-order chi connectivity index (χ0) is 17.6. The van der Waals surface area contributed by atoms with Crippen molar-refractivity contribution >= 4 is 22.0 Å². The summed E-state index contributed by atoms with van der Waals surface area (Å²) in [6.45, 7) is 0.270. The predicted octanol–water partition coefficient (Wildman–Crippen LogP) is 3.63. The average molecular weight is 402 g/mol. The molecule has 128 valence electrons. The Labute approximate surface area is 153 Å². The number of amides is 1. The van der Waals surface area contributed by atoms with Gasteiger partial charge in [-0.15, -0.1) is 0 Å². The molecule has 2 aromatic rings. The average Bonchev–Trinajstić information content (AvgIpc) is 3.12. The minimum Gasteiger partial charge on any atom is -0.479 e. The summed E-state index contributed by atoms with van der Waals surface area (Å²) in [6, 6.07) is 11.4. The fourth-order valence-electron chi connectivity index (χ4n) is 3.80. The largest absolute Gasteiger partial charge is 0.479 e. The first-order valence-corrected chi connectivity index (χ1v) is 9.15. The van der Waals surface area contributed by atoms with E-state index in [0.29, 0.717) is 12.8 Å². The normalized spacial score (nSPS) is 24.2. The zero-order valence-electron chi connectivity index (χ0n) is 13.4. The number of hydrogen-bond donors (Lipinski definition) is 1. The van der Waals surface area contributed by atoms with E-state index in [4.69, 9.17) is 4.74 Å². The maximum atomic E-state index is 11.4. The van der Waals surface area contributed by atoms with E-state index >= 15 is 0 Å². The molecular formula is C18H16BrN3O3. The van der Waals surface area contributed by atoms with Crippen molar-refractivity contribution in [1.29, 1.82) is 5.26 Å². The van der Waals surface area contributed by atoms with Crippen molar-refractivity contribution < 1.29 is 14.6 Å². The zero-order valence-corrected chi connectivity index (χ0v) is 14.9. The van der Waals surface area contributed by atoms with Gasteiger partial charge in [0.1, 0.15) is 11.8 Å². The van der Waals surface area contributed by atoms with Crippen molar-refractivity contribution in [3.63, 3.8) is 0 Å². The van der Waals surface area contributed by atoms with Crippen LogP contribution in [0.25, 0.3) is 5.69 Å². The number of carboxylic acid groups (broad SMARTS) is 1. The molecule has 3 heterocycles. The Hall–Kier alpha value is -2.46. The maximum absolute atomic E-state index is 11.4. The number of likely N-dealkylation sites (tertiary alicyclic amines) is 1. The van der Waals surface area contributed by atoms with Crippen LogP contribution in [0.4, 0.5) is 4.79 Å². The number of alkyl halides is 1. The smallest absolute Gasteiger partial charge is 0.408 e. The van der Waals surface area contributed by atoms with E-state index in [1.54, 1.807) is 0 Å². The summed E-state index contributed by atoms with van der Waals surface area (Å²) in [4.78, 5) is 12.6. The summed E-state index contributed by atoms with van der Waals surface area (Å²) in [5, 5.41) is 19.5. The Balaban J connectivity index is 1.79. The molecule has 1 aromatic carbocycles. The second kappa shape index (κ2) is 5.81. The molecule has 1 aromatic heterocycles. The molecule has 1 fully saturated rings. The van der Waals surface area contributed by atoms with E-state index < -0.39 is 17.7 Å². The van der Waals surface area contributed by atoms with Crippen LogP contribution in [-0.2, 0) is 10.9 Å². The van der Waals surface area contributed by atoms with Gasteiger partial charge < -0.3 is 14.4 Å². The van der Waals surface area contributed by atoms with Crippen molar-refractivity contribution in [2.45, 2.75) is 29.8 Å². The van der Waals surface area contributed by atoms with Gasteiger partial charge in [-0.25, -0.2) is 4.79 Å². The number of aromatic nitrogens is 1. The summed E-state index contributed by atoms with van der Waals surface area (Å²) in [5.74, 6) is 0.765. The summed E-state index contributed by atoms with van der Waals surface area (Å²) in [7, 11) is 0. The molecule has 1 saturated heterocycles. The van der Waals surface area contributed by atoms with Crippen molar-refractivity contribution in [2.75, 3.05) is 6.54 Å². The molecule has 1 amide bonds. The number of rotatable bonds is 1. The lowest BCUT2D eigenvalue weighted by Crippen LogP contribution is -2.54. The highest BCUT2D eigenvalue weighted by Crippen LogP contribution is 2.46. The van der Waals surface area contributed by atoms with E-state index in [0.717, 1.165) is 28.0 Å². The molecule has 0 saturated carbocycles. The van der Waals surface area contributed by atoms with Gasteiger partial charge in [-0.05, 0) is 29.8 Å². The second-order valence-corrected chi connectivity index (χ2v) is 6.93. The summed E-state index contributed by atoms with van der Waals surface area (Å²) in [6.07, 6.45) is 1.75. The number of piperidine rings is 1. The van der Waals surface area contributed by atoms with E-state index in [-0.39, 0.29) is 6.54 Å². The Bertz CT molecular complexity index is 888. The number of hydrogen-bond acceptors (Lipinski definition) is 3. The van der Waals surface area contributed by atoms with Crippen molar-refractivity contribution in [3.8, 4) is 17.5 Å². The number of nitrogens with zero attached hydrogens (tertiary/aromatic N) is 3. The van der Waals surface area contributed by atoms with E-state index in [2.05, 4.69) is 26.6 Å². The highest BCUT2D eigenvalue weighted by molar-refractivity contribution is 9.08. The second-order valence-electron chi connectivity index (χ2n) is 6.37. The molecular weight excluding hydrogens is 386 g/mol. The van der Waals surface area contributed by atoms with E-state index in [1.165, 1.54) is 4.90 Å². The molecule has 1 spiro atoms. The summed E-state index contributed by atoms with van der Waals surface area (Å²) < 4.78 is 8.52. The SMILES string of the molecule is N#CC1CC2(CCN1C(=O)O)Oc1cc(CBr)ccc1-n1cccc12. The first-order valence-electron chi connectivity index (χ1n) is 8.03. The molecule has 0 bridgehead atoms. The van der Waals surface area contributed by atoms with Gasteiger partial charge in [0.15, 0.2) is 5.60 Å². The third kappa shape index (κ3) is 2.40. The lowest BCUT2D eigenvalue weighted by molar-refractivity contribution is -0.0223. The van der Waals surface area contributed by atoms with Gasteiger partial charge in [0.2, 0.25) is 0 Å². The van der Waals surface area contributed by atoms with Gasteiger partial charge in [-0.2, -0.15) is 5.26 Å². The number of ether oxygens (including phenoxy) is 1. The van der Waals surface area contributed by atoms with Gasteiger partial charge in [-0.3, -0.25) is 4.90 Å². The quantitative estimate of drug-likeness (QED) is 0.739. The molecule has 0 radical (unpaired) electrons. The number of halogens is 1. The Morgan fingerprint density at radius 3 is 3.04 bits per heavy atom. The van der Waals surface area contributed by atoms with Crippen LogP contribution in [-0.4, -0.2) is 33.3 Å². The van der Waals surface area contributed by atoms with Crippen LogP contribution in [0.5, 0.6) is 5.75 Å². The fourth-order valence-corrected chi connectivity index (χ4v) is 4.15. The standard InChI is InChI=1S/C18H16BrN3O3/c19-10-12-3-4-14-15(8-12)25-18(16-2-1-6-22(14)16)5-7-21(17(23)24)13(9-18)11-20/h1-4,6,8,13H,5,7,9-10H2,(H,23,24). The van der Waals surface area contributed by atoms with E-state index in [9.17, 15) is 15.2 Å². The number of benzene rings is 1. The minimum atomic E-state index is -1.06. The number of fused-ring (bicyclic) bond motifs is 4. The monoisotopic (exact) mass is 401 g/mol. The molecule has 25 heavy (non-hydrogen) atoms. The molecule has 2 unspecified atom stereocenters. The van der Waals surface area contributed by atoms with Crippen LogP contribution in [0, 0.1) is 11.3 Å². The first kappa shape index (κ1) is 16.0. The van der Waals surface area contributed by atoms with Crippen molar-refractivity contribution in [3.05, 3.63) is 47.8 Å². The molecule has 4 rings (SSSR count). The van der Waals surface area contributed by atoms with E-state index in [1.807, 2.05) is 36.5 Å². The number of nitriles is 1. The van der Waals surface area contributed by atoms with Crippen molar-refractivity contribution in [2.24, 2.45) is 0 Å². The summed E-state index contributed by atoms with van der Waals surface area (Å²) >= 11 is 3.46. The van der Waals surface area contributed by atoms with Crippen molar-refractivity contribution in [1.82, 2.24) is 9.47 Å². The first-order chi connectivity index (χ1) is 12.1. The predicted molar refractivity (Wildman–Crippen MR) is 94.1 cm³/mol. The molecule has 0 aliphatic carbocycles. The Morgan fingerprint density at radius 1 is 1.48 bits per heavy atom. The number of carbonyl (C=O) groups is 1. The van der Waals surface area contributed by atoms with Crippen LogP contribution in [0.15, 0.2) is 36.5 Å². The van der Waals surface area contributed by atoms with Gasteiger partial charge in [0, 0.05) is 30.9 Å². The third-order valence-electron chi connectivity index (χ3n) is 5.01. The highest BCUT2D eigenvalue weighted by atomic mass is 79.9. The Kier molecular flexibility index (Phi) is 3.73. The molecule has 2 aliphatic heterocycles. The van der Waals surface area contributed by atoms with Gasteiger partial charge in [-0.1, -0.05) is 22.0 Å². The molecule has 1 N–H and O–H groups in total. The molecule has 6 nitrogen and oxygen atoms in total. The lowest BCUT2D eigenvalue weighted by atomic mass is 9.83. The van der Waals surface area contributed by atoms with Gasteiger partial charge in [0.25, 0.3) is 0 Å². The Morgan fingerprint density at radius 2 is 2.32 bits per heavy atom. The lowest BCUT2D eigenvalue weighted by Gasteiger charge is -2.46. The fraction of sp³-hybridized carbons (Fsp3) is 0.333. The van der Waals surface area contributed by atoms with Crippen LogP contribution >= 0.6 is 15.9 Å². The molecule has 2 aliphatic rings. The van der Waals surface area contributed by atoms with Gasteiger partial charge >= 0.3 is 6.09 Å². The molecule has 2 atom stereocenters. The molecule has 7 heteroatoms. The van der Waals surface area contributed by atoms with Crippen LogP contribution < -0.4 is 4.74 Å². The highest BCUT2D eigenvalue weighted by Gasteiger charge is 2.48. The van der Waals surface area contributed by atoms with Gasteiger partial charge in [0.05, 0.1) is 17.5 Å². The third-order valence-corrected chi connectivity index (χ3v) is 5.66. The van der Waals surface area contributed by atoms with Crippen LogP contribution in [0.1, 0.15) is 24.1 Å². The summed E-state index contributed by atoms with van der Waals surface area (Å²) in [5.41, 5.74) is 2.35. The maximum Gasteiger partial charge on any atom is 0.408 e.